The number of hydrogen-bond donors (Lipinski definition) is 4. The standard InChI is InChI=1S/C13H21N3O2/c1-2-7-18-12-5-3-10(4-6-12)13(15)16-11(8-14)9-17/h3-6,11,17H,2,7-9,14H2,1H3,(H2,15,16). The molecule has 0 aliphatic heterocycles. The van der Waals surface area contributed by atoms with Crippen LogP contribution in [-0.4, -0.2) is 36.7 Å². The lowest BCUT2D eigenvalue weighted by atomic mass is 10.2. The second kappa shape index (κ2) is 7.68. The van der Waals surface area contributed by atoms with Gasteiger partial charge in [-0.25, -0.2) is 0 Å². The van der Waals surface area contributed by atoms with Crippen molar-refractivity contribution in [1.82, 2.24) is 5.32 Å². The molecule has 5 heteroatoms. The fraction of sp³-hybridized carbons (Fsp3) is 0.462. The van der Waals surface area contributed by atoms with Gasteiger partial charge in [0.1, 0.15) is 11.6 Å². The van der Waals surface area contributed by atoms with Crippen LogP contribution in [0.15, 0.2) is 24.3 Å². The molecule has 1 aromatic rings. The van der Waals surface area contributed by atoms with E-state index in [9.17, 15) is 0 Å². The van der Waals surface area contributed by atoms with Gasteiger partial charge in [0.05, 0.1) is 19.3 Å². The molecular formula is C13H21N3O2. The number of aliphatic hydroxyl groups excluding tert-OH is 1. The summed E-state index contributed by atoms with van der Waals surface area (Å²) < 4.78 is 5.46. The maximum Gasteiger partial charge on any atom is 0.125 e. The predicted molar refractivity (Wildman–Crippen MR) is 72.1 cm³/mol. The van der Waals surface area contributed by atoms with Gasteiger partial charge in [0.25, 0.3) is 0 Å². The van der Waals surface area contributed by atoms with E-state index in [1.165, 1.54) is 0 Å². The lowest BCUT2D eigenvalue weighted by Gasteiger charge is -2.16. The molecule has 0 heterocycles. The molecule has 100 valence electrons. The summed E-state index contributed by atoms with van der Waals surface area (Å²) in [6.07, 6.45) is 0.966. The number of ether oxygens (including phenoxy) is 1. The van der Waals surface area contributed by atoms with E-state index in [1.807, 2.05) is 24.3 Å². The van der Waals surface area contributed by atoms with Gasteiger partial charge in [-0.2, -0.15) is 0 Å². The smallest absolute Gasteiger partial charge is 0.125 e. The van der Waals surface area contributed by atoms with Gasteiger partial charge in [-0.3, -0.25) is 5.41 Å². The second-order valence-electron chi connectivity index (χ2n) is 4.01. The van der Waals surface area contributed by atoms with Gasteiger partial charge in [0, 0.05) is 12.1 Å². The van der Waals surface area contributed by atoms with E-state index in [-0.39, 0.29) is 25.0 Å². The quantitative estimate of drug-likeness (QED) is 0.424. The van der Waals surface area contributed by atoms with Gasteiger partial charge in [0.2, 0.25) is 0 Å². The third-order valence-electron chi connectivity index (χ3n) is 2.47. The number of benzene rings is 1. The van der Waals surface area contributed by atoms with Crippen molar-refractivity contribution in [2.45, 2.75) is 19.4 Å². The van der Waals surface area contributed by atoms with Crippen LogP contribution >= 0.6 is 0 Å². The lowest BCUT2D eigenvalue weighted by Crippen LogP contribution is -2.42. The summed E-state index contributed by atoms with van der Waals surface area (Å²) in [7, 11) is 0. The Balaban J connectivity index is 2.58. The van der Waals surface area contributed by atoms with Gasteiger partial charge in [-0.15, -0.1) is 0 Å². The average Bonchev–Trinajstić information content (AvgIpc) is 2.42. The van der Waals surface area contributed by atoms with E-state index in [0.29, 0.717) is 6.61 Å². The molecule has 0 spiro atoms. The number of nitrogens with one attached hydrogen (secondary N) is 2. The topological polar surface area (TPSA) is 91.4 Å². The molecule has 0 aromatic heterocycles. The first-order valence-corrected chi connectivity index (χ1v) is 6.10. The first kappa shape index (κ1) is 14.5. The van der Waals surface area contributed by atoms with Gasteiger partial charge < -0.3 is 20.9 Å². The Bertz CT molecular complexity index is 361. The minimum absolute atomic E-state index is 0.0867. The third-order valence-corrected chi connectivity index (χ3v) is 2.47. The molecule has 0 radical (unpaired) electrons. The minimum atomic E-state index is -0.284. The van der Waals surface area contributed by atoms with Crippen molar-refractivity contribution < 1.29 is 9.84 Å². The van der Waals surface area contributed by atoms with Crippen molar-refractivity contribution in [3.05, 3.63) is 29.8 Å². The Kier molecular flexibility index (Phi) is 6.18. The zero-order chi connectivity index (χ0) is 13.4. The van der Waals surface area contributed by atoms with E-state index < -0.39 is 0 Å². The first-order valence-electron chi connectivity index (χ1n) is 6.10. The summed E-state index contributed by atoms with van der Waals surface area (Å²) in [6.45, 7) is 2.94. The summed E-state index contributed by atoms with van der Waals surface area (Å²) in [5.74, 6) is 1.05. The lowest BCUT2D eigenvalue weighted by molar-refractivity contribution is 0.258. The summed E-state index contributed by atoms with van der Waals surface area (Å²) in [4.78, 5) is 0. The van der Waals surface area contributed by atoms with Crippen LogP contribution in [0.5, 0.6) is 5.75 Å². The largest absolute Gasteiger partial charge is 0.494 e. The molecule has 0 saturated carbocycles. The molecule has 0 aliphatic carbocycles. The molecular weight excluding hydrogens is 230 g/mol. The van der Waals surface area contributed by atoms with Crippen LogP contribution in [0.25, 0.3) is 0 Å². The highest BCUT2D eigenvalue weighted by Gasteiger charge is 2.08. The van der Waals surface area contributed by atoms with Crippen molar-refractivity contribution in [1.29, 1.82) is 5.41 Å². The summed E-state index contributed by atoms with van der Waals surface area (Å²) in [5.41, 5.74) is 6.19. The zero-order valence-corrected chi connectivity index (χ0v) is 10.6. The molecule has 1 atom stereocenters. The normalized spacial score (nSPS) is 11.9. The van der Waals surface area contributed by atoms with E-state index in [1.54, 1.807) is 0 Å². The van der Waals surface area contributed by atoms with E-state index in [2.05, 4.69) is 12.2 Å². The third kappa shape index (κ3) is 4.35. The molecule has 0 bridgehead atoms. The number of rotatable bonds is 7. The second-order valence-corrected chi connectivity index (χ2v) is 4.01. The van der Waals surface area contributed by atoms with Crippen LogP contribution in [0, 0.1) is 5.41 Å². The van der Waals surface area contributed by atoms with E-state index in [0.717, 1.165) is 17.7 Å². The van der Waals surface area contributed by atoms with Crippen LogP contribution in [0.2, 0.25) is 0 Å². The van der Waals surface area contributed by atoms with Crippen LogP contribution in [0.3, 0.4) is 0 Å². The molecule has 0 aliphatic rings. The highest BCUT2D eigenvalue weighted by atomic mass is 16.5. The molecule has 5 N–H and O–H groups in total. The number of nitrogens with two attached hydrogens (primary N) is 1. The van der Waals surface area contributed by atoms with Crippen LogP contribution in [-0.2, 0) is 0 Å². The fourth-order valence-electron chi connectivity index (χ4n) is 1.40. The molecule has 0 saturated heterocycles. The zero-order valence-electron chi connectivity index (χ0n) is 10.6. The molecule has 0 fully saturated rings. The Morgan fingerprint density at radius 3 is 2.61 bits per heavy atom. The molecule has 5 nitrogen and oxygen atoms in total. The molecule has 18 heavy (non-hydrogen) atoms. The number of amidine groups is 1. The van der Waals surface area contributed by atoms with Gasteiger partial charge in [-0.05, 0) is 30.7 Å². The SMILES string of the molecule is CCCOc1ccc(C(=N)NC(CN)CO)cc1. The highest BCUT2D eigenvalue weighted by Crippen LogP contribution is 2.12. The molecule has 0 amide bonds. The van der Waals surface area contributed by atoms with Crippen LogP contribution in [0.1, 0.15) is 18.9 Å². The number of aliphatic hydroxyl groups is 1. The van der Waals surface area contributed by atoms with Gasteiger partial charge in [-0.1, -0.05) is 6.92 Å². The Morgan fingerprint density at radius 1 is 1.44 bits per heavy atom. The fourth-order valence-corrected chi connectivity index (χ4v) is 1.40. The maximum absolute atomic E-state index is 9.00. The molecule has 1 unspecified atom stereocenters. The minimum Gasteiger partial charge on any atom is -0.494 e. The average molecular weight is 251 g/mol. The Morgan fingerprint density at radius 2 is 2.11 bits per heavy atom. The van der Waals surface area contributed by atoms with Crippen molar-refractivity contribution in [2.24, 2.45) is 5.73 Å². The van der Waals surface area contributed by atoms with E-state index >= 15 is 0 Å². The van der Waals surface area contributed by atoms with Crippen molar-refractivity contribution in [2.75, 3.05) is 19.8 Å². The monoisotopic (exact) mass is 251 g/mol. The Labute approximate surface area is 107 Å². The van der Waals surface area contributed by atoms with Crippen LogP contribution in [0.4, 0.5) is 0 Å². The Hall–Kier alpha value is -1.59. The van der Waals surface area contributed by atoms with Gasteiger partial charge >= 0.3 is 0 Å². The van der Waals surface area contributed by atoms with Crippen molar-refractivity contribution in [3.8, 4) is 5.75 Å². The highest BCUT2D eigenvalue weighted by molar-refractivity contribution is 5.96. The molecule has 1 rings (SSSR count). The predicted octanol–water partition coefficient (Wildman–Crippen LogP) is 0.710. The van der Waals surface area contributed by atoms with E-state index in [4.69, 9.17) is 21.0 Å². The first-order chi connectivity index (χ1) is 8.71. The van der Waals surface area contributed by atoms with Crippen molar-refractivity contribution >= 4 is 5.84 Å². The molecule has 1 aromatic carbocycles. The van der Waals surface area contributed by atoms with Gasteiger partial charge in [0.15, 0.2) is 0 Å². The van der Waals surface area contributed by atoms with Crippen molar-refractivity contribution in [3.63, 3.8) is 0 Å². The summed E-state index contributed by atoms with van der Waals surface area (Å²) in [6, 6.07) is 7.00. The van der Waals surface area contributed by atoms with Crippen LogP contribution < -0.4 is 15.8 Å². The summed E-state index contributed by atoms with van der Waals surface area (Å²) in [5, 5.41) is 19.7. The summed E-state index contributed by atoms with van der Waals surface area (Å²) >= 11 is 0. The maximum atomic E-state index is 9.00. The number of hydrogen-bond acceptors (Lipinski definition) is 4.